The zero-order chi connectivity index (χ0) is 13.7. The number of nitro groups is 1. The summed E-state index contributed by atoms with van der Waals surface area (Å²) in [5.74, 6) is -0.549. The molecule has 0 saturated heterocycles. The predicted molar refractivity (Wildman–Crippen MR) is 64.6 cm³/mol. The van der Waals surface area contributed by atoms with E-state index in [4.69, 9.17) is 10.5 Å². The molecule has 0 saturated carbocycles. The molecule has 0 amide bonds. The molecule has 0 atom stereocenters. The molecule has 98 valence electrons. The number of nitrogens with two attached hydrogens (primary N) is 1. The summed E-state index contributed by atoms with van der Waals surface area (Å²) in [5.41, 5.74) is 5.18. The highest BCUT2D eigenvalue weighted by molar-refractivity contribution is 5.94. The standard InChI is InChI=1S/C11H14N2O5/c1-3-4-18-10-6-9(13(15)16)8(12)5-7(10)11(14)17-2/h5-6H,3-4,12H2,1-2H3. The lowest BCUT2D eigenvalue weighted by Crippen LogP contribution is -2.08. The van der Waals surface area contributed by atoms with Crippen LogP contribution in [0, 0.1) is 10.1 Å². The normalized spacial score (nSPS) is 9.89. The van der Waals surface area contributed by atoms with Gasteiger partial charge in [-0.15, -0.1) is 0 Å². The molecule has 0 spiro atoms. The third-order valence-electron chi connectivity index (χ3n) is 2.19. The summed E-state index contributed by atoms with van der Waals surface area (Å²) < 4.78 is 9.86. The Kier molecular flexibility index (Phi) is 4.47. The number of anilines is 1. The molecule has 0 aromatic heterocycles. The fourth-order valence-electron chi connectivity index (χ4n) is 1.34. The first kappa shape index (κ1) is 13.8. The Morgan fingerprint density at radius 3 is 2.67 bits per heavy atom. The maximum absolute atomic E-state index is 11.5. The van der Waals surface area contributed by atoms with Crippen molar-refractivity contribution in [2.24, 2.45) is 0 Å². The summed E-state index contributed by atoms with van der Waals surface area (Å²) in [7, 11) is 1.21. The summed E-state index contributed by atoms with van der Waals surface area (Å²) >= 11 is 0. The maximum atomic E-state index is 11.5. The van der Waals surface area contributed by atoms with Gasteiger partial charge in [-0.2, -0.15) is 0 Å². The quantitative estimate of drug-likeness (QED) is 0.371. The van der Waals surface area contributed by atoms with Crippen molar-refractivity contribution in [3.8, 4) is 5.75 Å². The molecular formula is C11H14N2O5. The zero-order valence-corrected chi connectivity index (χ0v) is 10.1. The molecule has 7 nitrogen and oxygen atoms in total. The molecule has 0 radical (unpaired) electrons. The van der Waals surface area contributed by atoms with Crippen LogP contribution < -0.4 is 10.5 Å². The lowest BCUT2D eigenvalue weighted by molar-refractivity contribution is -0.384. The Balaban J connectivity index is 3.27. The molecule has 0 unspecified atom stereocenters. The number of hydrogen-bond acceptors (Lipinski definition) is 6. The first-order valence-electron chi connectivity index (χ1n) is 5.30. The number of nitro benzene ring substituents is 1. The number of benzene rings is 1. The minimum Gasteiger partial charge on any atom is -0.492 e. The van der Waals surface area contributed by atoms with Gasteiger partial charge in [-0.3, -0.25) is 10.1 Å². The number of rotatable bonds is 5. The third-order valence-corrected chi connectivity index (χ3v) is 2.19. The van der Waals surface area contributed by atoms with Crippen molar-refractivity contribution in [1.29, 1.82) is 0 Å². The van der Waals surface area contributed by atoms with Crippen LogP contribution in [0.3, 0.4) is 0 Å². The molecule has 7 heteroatoms. The number of ether oxygens (including phenoxy) is 2. The molecule has 0 aliphatic rings. The van der Waals surface area contributed by atoms with E-state index in [1.165, 1.54) is 13.2 Å². The molecule has 0 heterocycles. The van der Waals surface area contributed by atoms with E-state index < -0.39 is 10.9 Å². The number of hydrogen-bond donors (Lipinski definition) is 1. The van der Waals surface area contributed by atoms with Crippen LogP contribution >= 0.6 is 0 Å². The minimum atomic E-state index is -0.650. The van der Waals surface area contributed by atoms with Crippen molar-refractivity contribution in [3.63, 3.8) is 0 Å². The largest absolute Gasteiger partial charge is 0.492 e. The van der Waals surface area contributed by atoms with Crippen LogP contribution in [-0.4, -0.2) is 24.6 Å². The Labute approximate surface area is 104 Å². The van der Waals surface area contributed by atoms with Gasteiger partial charge in [0.1, 0.15) is 17.0 Å². The van der Waals surface area contributed by atoms with E-state index in [1.54, 1.807) is 0 Å². The second-order valence-corrected chi connectivity index (χ2v) is 3.50. The van der Waals surface area contributed by atoms with Crippen LogP contribution in [0.25, 0.3) is 0 Å². The summed E-state index contributed by atoms with van der Waals surface area (Å²) in [5, 5.41) is 10.8. The molecule has 0 bridgehead atoms. The first-order chi connectivity index (χ1) is 8.51. The fraction of sp³-hybridized carbons (Fsp3) is 0.364. The third kappa shape index (κ3) is 2.88. The van der Waals surface area contributed by atoms with Crippen molar-refractivity contribution in [2.45, 2.75) is 13.3 Å². The predicted octanol–water partition coefficient (Wildman–Crippen LogP) is 1.75. The zero-order valence-electron chi connectivity index (χ0n) is 10.1. The number of nitrogens with zero attached hydrogens (tertiary/aromatic N) is 1. The van der Waals surface area contributed by atoms with Gasteiger partial charge in [0.2, 0.25) is 0 Å². The van der Waals surface area contributed by atoms with Crippen LogP contribution in [0.4, 0.5) is 11.4 Å². The van der Waals surface area contributed by atoms with E-state index in [0.29, 0.717) is 13.0 Å². The van der Waals surface area contributed by atoms with E-state index in [2.05, 4.69) is 4.74 Å². The van der Waals surface area contributed by atoms with Crippen molar-refractivity contribution in [2.75, 3.05) is 19.5 Å². The number of nitrogen functional groups attached to an aromatic ring is 1. The molecule has 0 aliphatic carbocycles. The highest BCUT2D eigenvalue weighted by Crippen LogP contribution is 2.31. The Hall–Kier alpha value is -2.31. The van der Waals surface area contributed by atoms with Gasteiger partial charge in [-0.1, -0.05) is 6.92 Å². The molecule has 2 N–H and O–H groups in total. The smallest absolute Gasteiger partial charge is 0.341 e. The van der Waals surface area contributed by atoms with Crippen LogP contribution in [0.2, 0.25) is 0 Å². The van der Waals surface area contributed by atoms with Gasteiger partial charge in [0.05, 0.1) is 24.7 Å². The van der Waals surface area contributed by atoms with Gasteiger partial charge in [-0.25, -0.2) is 4.79 Å². The van der Waals surface area contributed by atoms with E-state index >= 15 is 0 Å². The summed E-state index contributed by atoms with van der Waals surface area (Å²) in [6, 6.07) is 2.33. The lowest BCUT2D eigenvalue weighted by atomic mass is 10.1. The van der Waals surface area contributed by atoms with E-state index in [9.17, 15) is 14.9 Å². The lowest BCUT2D eigenvalue weighted by Gasteiger charge is -2.10. The number of carbonyl (C=O) groups is 1. The van der Waals surface area contributed by atoms with Crippen LogP contribution in [0.15, 0.2) is 12.1 Å². The van der Waals surface area contributed by atoms with Gasteiger partial charge in [0.25, 0.3) is 5.69 Å². The van der Waals surface area contributed by atoms with Crippen molar-refractivity contribution in [1.82, 2.24) is 0 Å². The SMILES string of the molecule is CCCOc1cc([N+](=O)[O-])c(N)cc1C(=O)OC. The first-order valence-corrected chi connectivity index (χ1v) is 5.30. The molecule has 18 heavy (non-hydrogen) atoms. The maximum Gasteiger partial charge on any atom is 0.341 e. The van der Waals surface area contributed by atoms with Crippen molar-refractivity contribution in [3.05, 3.63) is 27.8 Å². The monoisotopic (exact) mass is 254 g/mol. The molecule has 0 aliphatic heterocycles. The van der Waals surface area contributed by atoms with Crippen LogP contribution in [-0.2, 0) is 4.74 Å². The highest BCUT2D eigenvalue weighted by Gasteiger charge is 2.21. The molecule has 1 rings (SSSR count). The topological polar surface area (TPSA) is 105 Å². The minimum absolute atomic E-state index is 0.0778. The van der Waals surface area contributed by atoms with E-state index in [0.717, 1.165) is 6.07 Å². The van der Waals surface area contributed by atoms with Crippen molar-refractivity contribution >= 4 is 17.3 Å². The van der Waals surface area contributed by atoms with Gasteiger partial charge in [0.15, 0.2) is 0 Å². The van der Waals surface area contributed by atoms with Crippen molar-refractivity contribution < 1.29 is 19.2 Å². The number of esters is 1. The van der Waals surface area contributed by atoms with E-state index in [1.807, 2.05) is 6.92 Å². The second kappa shape index (κ2) is 5.85. The number of methoxy groups -OCH3 is 1. The summed E-state index contributed by atoms with van der Waals surface area (Å²) in [6.07, 6.45) is 0.707. The van der Waals surface area contributed by atoms with Gasteiger partial charge in [-0.05, 0) is 12.5 Å². The Morgan fingerprint density at radius 2 is 2.17 bits per heavy atom. The van der Waals surface area contributed by atoms with Gasteiger partial charge >= 0.3 is 5.97 Å². The van der Waals surface area contributed by atoms with Gasteiger partial charge < -0.3 is 15.2 Å². The number of carbonyl (C=O) groups excluding carboxylic acids is 1. The molecular weight excluding hydrogens is 240 g/mol. The van der Waals surface area contributed by atoms with Crippen LogP contribution in [0.1, 0.15) is 23.7 Å². The average molecular weight is 254 g/mol. The van der Waals surface area contributed by atoms with Gasteiger partial charge in [0, 0.05) is 0 Å². The highest BCUT2D eigenvalue weighted by atomic mass is 16.6. The average Bonchev–Trinajstić information content (AvgIpc) is 2.35. The second-order valence-electron chi connectivity index (χ2n) is 3.50. The van der Waals surface area contributed by atoms with Crippen LogP contribution in [0.5, 0.6) is 5.75 Å². The Bertz CT molecular complexity index is 473. The fourth-order valence-corrected chi connectivity index (χ4v) is 1.34. The Morgan fingerprint density at radius 1 is 1.50 bits per heavy atom. The molecule has 0 fully saturated rings. The van der Waals surface area contributed by atoms with E-state index in [-0.39, 0.29) is 22.7 Å². The summed E-state index contributed by atoms with van der Waals surface area (Å²) in [6.45, 7) is 2.22. The summed E-state index contributed by atoms with van der Waals surface area (Å²) in [4.78, 5) is 21.6. The molecule has 1 aromatic carbocycles. The molecule has 1 aromatic rings.